The van der Waals surface area contributed by atoms with Crippen molar-refractivity contribution in [3.05, 3.63) is 52.3 Å². The van der Waals surface area contributed by atoms with E-state index in [-0.39, 0.29) is 6.10 Å². The highest BCUT2D eigenvalue weighted by molar-refractivity contribution is 6.34. The minimum atomic E-state index is -0.157. The summed E-state index contributed by atoms with van der Waals surface area (Å²) in [5, 5.41) is 2.07. The largest absolute Gasteiger partial charge is 0.493 e. The van der Waals surface area contributed by atoms with Crippen LogP contribution in [-0.2, 0) is 4.74 Å². The molecule has 1 aliphatic rings. The van der Waals surface area contributed by atoms with Crippen LogP contribution in [0.2, 0.25) is 10.0 Å². The number of aromatic nitrogens is 2. The molecule has 4 rings (SSSR count). The molecule has 1 saturated heterocycles. The minimum absolute atomic E-state index is 0.157. The third kappa shape index (κ3) is 3.68. The highest BCUT2D eigenvalue weighted by Crippen LogP contribution is 2.36. The van der Waals surface area contributed by atoms with Crippen molar-refractivity contribution < 1.29 is 14.2 Å². The molecule has 0 bridgehead atoms. The summed E-state index contributed by atoms with van der Waals surface area (Å²) in [5.41, 5.74) is 1.73. The second-order valence-electron chi connectivity index (χ2n) is 6.43. The zero-order valence-electron chi connectivity index (χ0n) is 15.5. The van der Waals surface area contributed by atoms with Crippen LogP contribution >= 0.6 is 23.2 Å². The average Bonchev–Trinajstić information content (AvgIpc) is 2.71. The number of benzene rings is 2. The molecule has 0 radical (unpaired) electrons. The Morgan fingerprint density at radius 3 is 2.43 bits per heavy atom. The Balaban J connectivity index is 1.71. The lowest BCUT2D eigenvalue weighted by atomic mass is 10.1. The number of fused-ring (bicyclic) bond motifs is 1. The molecule has 0 saturated carbocycles. The molecule has 0 aliphatic carbocycles. The van der Waals surface area contributed by atoms with E-state index in [9.17, 15) is 0 Å². The molecule has 0 N–H and O–H groups in total. The molecule has 1 atom stereocenters. The number of anilines is 1. The van der Waals surface area contributed by atoms with Crippen LogP contribution in [0.1, 0.15) is 11.7 Å². The van der Waals surface area contributed by atoms with Gasteiger partial charge in [-0.2, -0.15) is 0 Å². The van der Waals surface area contributed by atoms with Crippen LogP contribution in [-0.4, -0.2) is 43.9 Å². The maximum absolute atomic E-state index is 6.16. The fourth-order valence-electron chi connectivity index (χ4n) is 3.43. The lowest BCUT2D eigenvalue weighted by Gasteiger charge is -2.34. The summed E-state index contributed by atoms with van der Waals surface area (Å²) in [7, 11) is 3.22. The smallest absolute Gasteiger partial charge is 0.162 e. The molecule has 1 aliphatic heterocycles. The van der Waals surface area contributed by atoms with Gasteiger partial charge in [-0.05, 0) is 29.8 Å². The molecule has 8 heteroatoms. The van der Waals surface area contributed by atoms with Crippen LogP contribution in [0.5, 0.6) is 11.5 Å². The van der Waals surface area contributed by atoms with E-state index in [0.717, 1.165) is 22.3 Å². The van der Waals surface area contributed by atoms with E-state index in [4.69, 9.17) is 37.4 Å². The molecule has 3 aromatic rings. The summed E-state index contributed by atoms with van der Waals surface area (Å²) in [4.78, 5) is 11.1. The van der Waals surface area contributed by atoms with E-state index in [1.165, 1.54) is 0 Å². The number of nitrogens with zero attached hydrogens (tertiary/aromatic N) is 3. The van der Waals surface area contributed by atoms with Crippen molar-refractivity contribution in [2.45, 2.75) is 6.10 Å². The van der Waals surface area contributed by atoms with E-state index in [0.29, 0.717) is 41.2 Å². The van der Waals surface area contributed by atoms with Gasteiger partial charge in [0.05, 0.1) is 26.3 Å². The van der Waals surface area contributed by atoms with Crippen molar-refractivity contribution in [1.82, 2.24) is 9.97 Å². The second-order valence-corrected chi connectivity index (χ2v) is 7.30. The summed E-state index contributed by atoms with van der Waals surface area (Å²) >= 11 is 12.3. The summed E-state index contributed by atoms with van der Waals surface area (Å²) < 4.78 is 16.8. The maximum atomic E-state index is 6.16. The van der Waals surface area contributed by atoms with Gasteiger partial charge in [0.2, 0.25) is 0 Å². The first-order valence-electron chi connectivity index (χ1n) is 8.78. The van der Waals surface area contributed by atoms with Crippen molar-refractivity contribution in [2.75, 3.05) is 38.8 Å². The quantitative estimate of drug-likeness (QED) is 0.618. The molecule has 0 spiro atoms. The number of hydrogen-bond acceptors (Lipinski definition) is 6. The molecule has 2 heterocycles. The third-order valence-electron chi connectivity index (χ3n) is 4.74. The predicted octanol–water partition coefficient (Wildman–Crippen LogP) is 4.53. The highest BCUT2D eigenvalue weighted by atomic mass is 35.5. The van der Waals surface area contributed by atoms with Gasteiger partial charge in [-0.3, -0.25) is 0 Å². The lowest BCUT2D eigenvalue weighted by Crippen LogP contribution is -2.39. The number of ether oxygens (including phenoxy) is 3. The van der Waals surface area contributed by atoms with E-state index in [1.807, 2.05) is 24.3 Å². The zero-order valence-corrected chi connectivity index (χ0v) is 17.0. The van der Waals surface area contributed by atoms with Gasteiger partial charge in [-0.1, -0.05) is 23.2 Å². The van der Waals surface area contributed by atoms with Gasteiger partial charge in [0.1, 0.15) is 18.2 Å². The number of rotatable bonds is 4. The van der Waals surface area contributed by atoms with Gasteiger partial charge in [-0.15, -0.1) is 0 Å². The summed E-state index contributed by atoms with van der Waals surface area (Å²) in [5.74, 6) is 2.10. The van der Waals surface area contributed by atoms with Crippen molar-refractivity contribution in [3.63, 3.8) is 0 Å². The van der Waals surface area contributed by atoms with Gasteiger partial charge in [0, 0.05) is 34.6 Å². The number of hydrogen-bond donors (Lipinski definition) is 0. The minimum Gasteiger partial charge on any atom is -0.493 e. The van der Waals surface area contributed by atoms with Crippen molar-refractivity contribution >= 4 is 39.9 Å². The summed E-state index contributed by atoms with van der Waals surface area (Å²) in [6, 6.07) is 9.24. The van der Waals surface area contributed by atoms with E-state index in [1.54, 1.807) is 26.6 Å². The van der Waals surface area contributed by atoms with Crippen LogP contribution in [0.4, 0.5) is 5.82 Å². The van der Waals surface area contributed by atoms with Crippen LogP contribution in [0.25, 0.3) is 10.9 Å². The van der Waals surface area contributed by atoms with Gasteiger partial charge < -0.3 is 19.1 Å². The maximum Gasteiger partial charge on any atom is 0.162 e. The Kier molecular flexibility index (Phi) is 5.44. The fourth-order valence-corrected chi connectivity index (χ4v) is 3.97. The Morgan fingerprint density at radius 1 is 1.00 bits per heavy atom. The summed E-state index contributed by atoms with van der Waals surface area (Å²) in [6.07, 6.45) is 1.40. The first kappa shape index (κ1) is 19.1. The molecule has 0 amide bonds. The lowest BCUT2D eigenvalue weighted by molar-refractivity contribution is 0.0396. The topological polar surface area (TPSA) is 56.7 Å². The predicted molar refractivity (Wildman–Crippen MR) is 110 cm³/mol. The summed E-state index contributed by atoms with van der Waals surface area (Å²) in [6.45, 7) is 1.90. The van der Waals surface area contributed by atoms with Crippen LogP contribution < -0.4 is 14.4 Å². The molecule has 1 aromatic heterocycles. The molecule has 1 fully saturated rings. The van der Waals surface area contributed by atoms with Crippen molar-refractivity contribution in [1.29, 1.82) is 0 Å². The Bertz CT molecular complexity index is 995. The number of halogens is 2. The fraction of sp³-hybridized carbons (Fsp3) is 0.300. The number of morpholine rings is 1. The molecule has 1 unspecified atom stereocenters. The standard InChI is InChI=1S/C20H19Cl2N3O3/c1-26-17-8-15-16(9-18(17)27-2)23-11-24-20(15)25-3-4-28-19(10-25)12-5-13(21)7-14(22)6-12/h5-9,11,19H,3-4,10H2,1-2H3. The Hall–Kier alpha value is -2.28. The third-order valence-corrected chi connectivity index (χ3v) is 5.18. The van der Waals surface area contributed by atoms with Gasteiger partial charge in [0.25, 0.3) is 0 Å². The molecular weight excluding hydrogens is 401 g/mol. The second kappa shape index (κ2) is 7.99. The number of methoxy groups -OCH3 is 2. The van der Waals surface area contributed by atoms with Crippen molar-refractivity contribution in [3.8, 4) is 11.5 Å². The van der Waals surface area contributed by atoms with Gasteiger partial charge in [-0.25, -0.2) is 9.97 Å². The van der Waals surface area contributed by atoms with Gasteiger partial charge >= 0.3 is 0 Å². The monoisotopic (exact) mass is 419 g/mol. The molecule has 28 heavy (non-hydrogen) atoms. The van der Waals surface area contributed by atoms with E-state index in [2.05, 4.69) is 14.9 Å². The first-order chi connectivity index (χ1) is 13.6. The average molecular weight is 420 g/mol. The van der Waals surface area contributed by atoms with E-state index >= 15 is 0 Å². The van der Waals surface area contributed by atoms with E-state index < -0.39 is 0 Å². The van der Waals surface area contributed by atoms with Gasteiger partial charge in [0.15, 0.2) is 11.5 Å². The van der Waals surface area contributed by atoms with Crippen molar-refractivity contribution in [2.24, 2.45) is 0 Å². The SMILES string of the molecule is COc1cc2ncnc(N3CCOC(c4cc(Cl)cc(Cl)c4)C3)c2cc1OC. The molecule has 2 aromatic carbocycles. The van der Waals surface area contributed by atoms with Crippen LogP contribution in [0, 0.1) is 0 Å². The Morgan fingerprint density at radius 2 is 1.71 bits per heavy atom. The molecule has 6 nitrogen and oxygen atoms in total. The zero-order chi connectivity index (χ0) is 19.7. The normalized spacial score (nSPS) is 17.0. The first-order valence-corrected chi connectivity index (χ1v) is 9.54. The highest BCUT2D eigenvalue weighted by Gasteiger charge is 2.25. The Labute approximate surface area is 173 Å². The molecular formula is C20H19Cl2N3O3. The van der Waals surface area contributed by atoms with Crippen LogP contribution in [0.15, 0.2) is 36.7 Å². The van der Waals surface area contributed by atoms with Crippen LogP contribution in [0.3, 0.4) is 0 Å². The molecule has 146 valence electrons.